The van der Waals surface area contributed by atoms with Crippen LogP contribution < -0.4 is 5.32 Å². The fraction of sp³-hybridized carbons (Fsp3) is 0.455. The van der Waals surface area contributed by atoms with Gasteiger partial charge in [-0.3, -0.25) is 0 Å². The third kappa shape index (κ3) is 1.98. The Morgan fingerprint density at radius 2 is 2.29 bits per heavy atom. The molecule has 0 spiro atoms. The molecule has 0 bridgehead atoms. The smallest absolute Gasteiger partial charge is 0.124 e. The molecule has 2 rings (SSSR count). The minimum Gasteiger partial charge on any atom is -0.314 e. The van der Waals surface area contributed by atoms with Crippen molar-refractivity contribution in [1.29, 1.82) is 0 Å². The first-order valence-electron chi connectivity index (χ1n) is 4.85. The van der Waals surface area contributed by atoms with Crippen molar-refractivity contribution in [2.45, 2.75) is 25.3 Å². The Hall–Kier alpha value is -0.410. The van der Waals surface area contributed by atoms with Crippen molar-refractivity contribution in [2.75, 3.05) is 6.54 Å². The summed E-state index contributed by atoms with van der Waals surface area (Å²) in [5.74, 6) is 0.333. The van der Waals surface area contributed by atoms with E-state index in [4.69, 9.17) is 0 Å². The Labute approximate surface area is 91.8 Å². The molecule has 0 radical (unpaired) electrons. The number of hydrogen-bond donors (Lipinski definition) is 1. The fourth-order valence-corrected chi connectivity index (χ4v) is 2.68. The van der Waals surface area contributed by atoms with E-state index in [-0.39, 0.29) is 5.82 Å². The van der Waals surface area contributed by atoms with Crippen molar-refractivity contribution in [3.63, 3.8) is 0 Å². The van der Waals surface area contributed by atoms with Gasteiger partial charge in [0.2, 0.25) is 0 Å². The van der Waals surface area contributed by atoms with Crippen LogP contribution >= 0.6 is 15.9 Å². The Morgan fingerprint density at radius 3 is 2.86 bits per heavy atom. The number of rotatable bonds is 1. The number of benzene rings is 1. The van der Waals surface area contributed by atoms with E-state index in [1.54, 1.807) is 6.07 Å². The van der Waals surface area contributed by atoms with Crippen molar-refractivity contribution in [3.05, 3.63) is 34.1 Å². The second-order valence-electron chi connectivity index (χ2n) is 3.91. The molecule has 2 atom stereocenters. The lowest BCUT2D eigenvalue weighted by atomic mass is 9.97. The molecule has 2 unspecified atom stereocenters. The molecule has 1 saturated heterocycles. The van der Waals surface area contributed by atoms with E-state index in [1.807, 2.05) is 6.07 Å². The summed E-state index contributed by atoms with van der Waals surface area (Å²) in [6.07, 6.45) is 1.13. The van der Waals surface area contributed by atoms with Gasteiger partial charge in [0.1, 0.15) is 5.82 Å². The molecule has 1 aliphatic heterocycles. The zero-order chi connectivity index (χ0) is 10.1. The number of halogens is 2. The van der Waals surface area contributed by atoms with E-state index in [0.717, 1.165) is 17.4 Å². The summed E-state index contributed by atoms with van der Waals surface area (Å²) in [6.45, 7) is 3.17. The van der Waals surface area contributed by atoms with Crippen LogP contribution in [-0.4, -0.2) is 12.6 Å². The number of hydrogen-bond acceptors (Lipinski definition) is 1. The van der Waals surface area contributed by atoms with Gasteiger partial charge < -0.3 is 5.32 Å². The summed E-state index contributed by atoms with van der Waals surface area (Å²) in [7, 11) is 0. The van der Waals surface area contributed by atoms with E-state index >= 15 is 0 Å². The average Bonchev–Trinajstić information content (AvgIpc) is 2.51. The first-order valence-corrected chi connectivity index (χ1v) is 5.64. The van der Waals surface area contributed by atoms with Crippen LogP contribution in [0.1, 0.15) is 24.8 Å². The lowest BCUT2D eigenvalue weighted by molar-refractivity contribution is 0.623. The van der Waals surface area contributed by atoms with Gasteiger partial charge in [0, 0.05) is 17.1 Å². The van der Waals surface area contributed by atoms with Crippen LogP contribution in [0.4, 0.5) is 4.39 Å². The highest BCUT2D eigenvalue weighted by Crippen LogP contribution is 2.31. The summed E-state index contributed by atoms with van der Waals surface area (Å²) in [5.41, 5.74) is 1.21. The lowest BCUT2D eigenvalue weighted by Crippen LogP contribution is -2.16. The van der Waals surface area contributed by atoms with Gasteiger partial charge in [-0.15, -0.1) is 0 Å². The molecule has 0 amide bonds. The molecule has 76 valence electrons. The Morgan fingerprint density at radius 1 is 1.50 bits per heavy atom. The fourth-order valence-electron chi connectivity index (χ4n) is 2.01. The molecule has 14 heavy (non-hydrogen) atoms. The molecule has 1 nitrogen and oxygen atoms in total. The van der Waals surface area contributed by atoms with Crippen LogP contribution in [0.2, 0.25) is 0 Å². The van der Waals surface area contributed by atoms with Crippen LogP contribution in [0.25, 0.3) is 0 Å². The maximum absolute atomic E-state index is 12.9. The Balaban J connectivity index is 2.24. The molecule has 0 saturated carbocycles. The van der Waals surface area contributed by atoms with E-state index in [1.165, 1.54) is 11.6 Å². The largest absolute Gasteiger partial charge is 0.314 e. The topological polar surface area (TPSA) is 12.0 Å². The zero-order valence-corrected chi connectivity index (χ0v) is 9.64. The van der Waals surface area contributed by atoms with Gasteiger partial charge in [-0.2, -0.15) is 0 Å². The molecule has 3 heteroatoms. The summed E-state index contributed by atoms with van der Waals surface area (Å²) < 4.78 is 13.8. The van der Waals surface area contributed by atoms with Crippen molar-refractivity contribution in [1.82, 2.24) is 5.32 Å². The molecule has 1 N–H and O–H groups in total. The molecule has 1 aromatic rings. The molecule has 1 heterocycles. The minimum atomic E-state index is -0.181. The van der Waals surface area contributed by atoms with Crippen molar-refractivity contribution in [2.24, 2.45) is 0 Å². The van der Waals surface area contributed by atoms with Gasteiger partial charge in [-0.1, -0.05) is 22.0 Å². The summed E-state index contributed by atoms with van der Waals surface area (Å²) in [5, 5.41) is 3.40. The van der Waals surface area contributed by atoms with Gasteiger partial charge in [0.05, 0.1) is 0 Å². The predicted molar refractivity (Wildman–Crippen MR) is 58.9 cm³/mol. The van der Waals surface area contributed by atoms with Gasteiger partial charge in [0.25, 0.3) is 0 Å². The quantitative estimate of drug-likeness (QED) is 0.816. The van der Waals surface area contributed by atoms with Crippen molar-refractivity contribution < 1.29 is 4.39 Å². The predicted octanol–water partition coefficient (Wildman–Crippen LogP) is 3.05. The standard InChI is InChI=1S/C11H13BrFN/c1-7-4-8(6-14-7)10-3-2-9(13)5-11(10)12/h2-3,5,7-8,14H,4,6H2,1H3. The highest BCUT2D eigenvalue weighted by atomic mass is 79.9. The molecular formula is C11H13BrFN. The monoisotopic (exact) mass is 257 g/mol. The van der Waals surface area contributed by atoms with Crippen LogP contribution in [0.3, 0.4) is 0 Å². The SMILES string of the molecule is CC1CC(c2ccc(F)cc2Br)CN1. The van der Waals surface area contributed by atoms with Crippen molar-refractivity contribution >= 4 is 15.9 Å². The first kappa shape index (κ1) is 10.1. The summed E-state index contributed by atoms with van der Waals surface area (Å²) >= 11 is 3.41. The van der Waals surface area contributed by atoms with Gasteiger partial charge in [-0.05, 0) is 37.0 Å². The lowest BCUT2D eigenvalue weighted by Gasteiger charge is -2.11. The van der Waals surface area contributed by atoms with E-state index in [0.29, 0.717) is 12.0 Å². The molecule has 0 aliphatic carbocycles. The average molecular weight is 258 g/mol. The second-order valence-corrected chi connectivity index (χ2v) is 4.76. The van der Waals surface area contributed by atoms with Crippen molar-refractivity contribution in [3.8, 4) is 0 Å². The maximum atomic E-state index is 12.9. The van der Waals surface area contributed by atoms with Crippen LogP contribution in [0, 0.1) is 5.82 Å². The Kier molecular flexibility index (Phi) is 2.88. The number of nitrogens with one attached hydrogen (secondary N) is 1. The third-order valence-corrected chi connectivity index (χ3v) is 3.44. The van der Waals surface area contributed by atoms with Gasteiger partial charge in [-0.25, -0.2) is 4.39 Å². The van der Waals surface area contributed by atoms with E-state index in [9.17, 15) is 4.39 Å². The molecular weight excluding hydrogens is 245 g/mol. The van der Waals surface area contributed by atoms with Crippen LogP contribution in [0.15, 0.2) is 22.7 Å². The third-order valence-electron chi connectivity index (χ3n) is 2.75. The Bertz CT molecular complexity index is 340. The normalized spacial score (nSPS) is 26.8. The molecule has 1 aromatic carbocycles. The van der Waals surface area contributed by atoms with Crippen LogP contribution in [0.5, 0.6) is 0 Å². The first-order chi connectivity index (χ1) is 6.66. The molecule has 0 aromatic heterocycles. The van der Waals surface area contributed by atoms with E-state index < -0.39 is 0 Å². The summed E-state index contributed by atoms with van der Waals surface area (Å²) in [6, 6.07) is 5.52. The van der Waals surface area contributed by atoms with Crippen LogP contribution in [-0.2, 0) is 0 Å². The minimum absolute atomic E-state index is 0.181. The second kappa shape index (κ2) is 3.99. The van der Waals surface area contributed by atoms with E-state index in [2.05, 4.69) is 28.2 Å². The highest BCUT2D eigenvalue weighted by Gasteiger charge is 2.23. The van der Waals surface area contributed by atoms with Gasteiger partial charge in [0.15, 0.2) is 0 Å². The van der Waals surface area contributed by atoms with Gasteiger partial charge >= 0.3 is 0 Å². The molecule has 1 aliphatic rings. The highest BCUT2D eigenvalue weighted by molar-refractivity contribution is 9.10. The molecule has 1 fully saturated rings. The maximum Gasteiger partial charge on any atom is 0.124 e. The zero-order valence-electron chi connectivity index (χ0n) is 8.06. The summed E-state index contributed by atoms with van der Waals surface area (Å²) in [4.78, 5) is 0.